The monoisotopic (exact) mass is 162 g/mol. The molecular weight excluding hydrogens is 152 g/mol. The summed E-state index contributed by atoms with van der Waals surface area (Å²) in [6.07, 6.45) is 3.30. The van der Waals surface area contributed by atoms with Crippen molar-refractivity contribution in [3.05, 3.63) is 35.8 Å². The zero-order valence-electron chi connectivity index (χ0n) is 6.87. The number of aryl methyl sites for hydroxylation is 1. The van der Waals surface area contributed by atoms with Crippen LogP contribution in [0.4, 0.5) is 0 Å². The van der Waals surface area contributed by atoms with Crippen LogP contribution in [-0.4, -0.2) is 5.11 Å². The van der Waals surface area contributed by atoms with Crippen LogP contribution in [0.1, 0.15) is 11.1 Å². The predicted molar refractivity (Wildman–Crippen MR) is 46.0 cm³/mol. The fraction of sp³-hybridized carbons (Fsp3) is 0.200. The van der Waals surface area contributed by atoms with Crippen LogP contribution in [0.25, 0.3) is 11.1 Å². The molecule has 1 N–H and O–H groups in total. The number of aliphatic hydroxyl groups excluding tert-OH is 1. The number of hydrogen-bond acceptors (Lipinski definition) is 2. The highest BCUT2D eigenvalue weighted by molar-refractivity contribution is 5.72. The topological polar surface area (TPSA) is 33.4 Å². The molecule has 0 aromatic heterocycles. The van der Waals surface area contributed by atoms with Gasteiger partial charge in [-0.2, -0.15) is 0 Å². The highest BCUT2D eigenvalue weighted by Crippen LogP contribution is 2.30. The molecule has 0 bridgehead atoms. The number of aliphatic hydroxyl groups is 1. The smallest absolute Gasteiger partial charge is 0.0982 e. The van der Waals surface area contributed by atoms with E-state index in [2.05, 4.69) is 0 Å². The molecule has 0 atom stereocenters. The van der Waals surface area contributed by atoms with Crippen LogP contribution in [0.3, 0.4) is 0 Å². The minimum atomic E-state index is 0.0320. The molecule has 0 radical (unpaired) electrons. The van der Waals surface area contributed by atoms with Crippen LogP contribution < -0.4 is 0 Å². The minimum Gasteiger partial charge on any atom is -0.472 e. The van der Waals surface area contributed by atoms with Crippen LogP contribution in [0, 0.1) is 6.92 Å². The van der Waals surface area contributed by atoms with Gasteiger partial charge in [-0.25, -0.2) is 0 Å². The maximum atomic E-state index is 8.98. The van der Waals surface area contributed by atoms with Gasteiger partial charge in [-0.3, -0.25) is 0 Å². The maximum absolute atomic E-state index is 8.98. The lowest BCUT2D eigenvalue weighted by Crippen LogP contribution is -1.87. The van der Waals surface area contributed by atoms with Gasteiger partial charge in [0, 0.05) is 11.1 Å². The molecule has 62 valence electrons. The van der Waals surface area contributed by atoms with Crippen LogP contribution >= 0.6 is 0 Å². The van der Waals surface area contributed by atoms with E-state index in [1.807, 2.05) is 19.1 Å². The summed E-state index contributed by atoms with van der Waals surface area (Å²) < 4.78 is 5.09. The normalized spacial score (nSPS) is 10.8. The molecule has 12 heavy (non-hydrogen) atoms. The Balaban J connectivity index is 2.68. The molecule has 1 aliphatic heterocycles. The molecular formula is C10H10O2. The molecule has 2 nitrogen and oxygen atoms in total. The summed E-state index contributed by atoms with van der Waals surface area (Å²) in [7, 11) is 0. The van der Waals surface area contributed by atoms with Crippen LogP contribution in [0.15, 0.2) is 29.1 Å². The van der Waals surface area contributed by atoms with Crippen molar-refractivity contribution in [1.82, 2.24) is 0 Å². The maximum Gasteiger partial charge on any atom is 0.0982 e. The largest absolute Gasteiger partial charge is 0.472 e. The molecule has 0 spiro atoms. The number of fused-ring (bicyclic) bond motifs is 1. The second-order valence-electron chi connectivity index (χ2n) is 2.90. The summed E-state index contributed by atoms with van der Waals surface area (Å²) in [6, 6.07) is 4.03. The van der Waals surface area contributed by atoms with Gasteiger partial charge in [0.1, 0.15) is 0 Å². The Bertz CT molecular complexity index is 362. The fourth-order valence-electron chi connectivity index (χ4n) is 1.41. The van der Waals surface area contributed by atoms with Gasteiger partial charge in [-0.1, -0.05) is 12.1 Å². The van der Waals surface area contributed by atoms with Gasteiger partial charge >= 0.3 is 0 Å². The Morgan fingerprint density at radius 3 is 2.83 bits per heavy atom. The quantitative estimate of drug-likeness (QED) is 0.697. The minimum absolute atomic E-state index is 0.0320. The molecule has 0 unspecified atom stereocenters. The fourth-order valence-corrected chi connectivity index (χ4v) is 1.41. The summed E-state index contributed by atoms with van der Waals surface area (Å²) in [6.45, 7) is 2.06. The average molecular weight is 162 g/mol. The highest BCUT2D eigenvalue weighted by atomic mass is 16.3. The van der Waals surface area contributed by atoms with Gasteiger partial charge in [0.25, 0.3) is 0 Å². The molecule has 0 saturated carbocycles. The zero-order chi connectivity index (χ0) is 8.55. The standard InChI is InChI=1S/C10H10O2/c1-7-2-3-9-8(4-11)5-12-6-10(7)9/h2-3,5-6,11H,4H2,1H3. The van der Waals surface area contributed by atoms with E-state index in [0.717, 1.165) is 16.7 Å². The Morgan fingerprint density at radius 1 is 1.25 bits per heavy atom. The van der Waals surface area contributed by atoms with Gasteiger partial charge in [0.2, 0.25) is 0 Å². The third kappa shape index (κ3) is 0.924. The lowest BCUT2D eigenvalue weighted by atomic mass is 10.1. The lowest BCUT2D eigenvalue weighted by Gasteiger charge is -2.03. The van der Waals surface area contributed by atoms with E-state index in [4.69, 9.17) is 9.52 Å². The number of rotatable bonds is 1. The summed E-state index contributed by atoms with van der Waals surface area (Å²) in [5, 5.41) is 8.98. The van der Waals surface area contributed by atoms with Crippen molar-refractivity contribution in [3.63, 3.8) is 0 Å². The van der Waals surface area contributed by atoms with Gasteiger partial charge in [0.15, 0.2) is 0 Å². The number of hydrogen-bond donors (Lipinski definition) is 1. The van der Waals surface area contributed by atoms with Crippen molar-refractivity contribution in [1.29, 1.82) is 0 Å². The predicted octanol–water partition coefficient (Wildman–Crippen LogP) is 2.19. The van der Waals surface area contributed by atoms with Crippen LogP contribution in [0.5, 0.6) is 0 Å². The lowest BCUT2D eigenvalue weighted by molar-refractivity contribution is 0.278. The Labute approximate surface area is 70.8 Å². The second kappa shape index (κ2) is 2.64. The molecule has 0 saturated heterocycles. The first-order chi connectivity index (χ1) is 5.83. The molecule has 0 fully saturated rings. The highest BCUT2D eigenvalue weighted by Gasteiger charge is 2.10. The van der Waals surface area contributed by atoms with Crippen LogP contribution in [-0.2, 0) is 6.61 Å². The van der Waals surface area contributed by atoms with E-state index in [1.54, 1.807) is 12.5 Å². The van der Waals surface area contributed by atoms with Crippen LogP contribution in [0.2, 0.25) is 0 Å². The summed E-state index contributed by atoms with van der Waals surface area (Å²) >= 11 is 0. The first-order valence-electron chi connectivity index (χ1n) is 3.88. The molecule has 0 aromatic rings. The first-order valence-corrected chi connectivity index (χ1v) is 3.88. The molecule has 0 amide bonds. The van der Waals surface area contributed by atoms with Crippen molar-refractivity contribution in [2.75, 3.05) is 0 Å². The van der Waals surface area contributed by atoms with Gasteiger partial charge in [-0.05, 0) is 18.1 Å². The Morgan fingerprint density at radius 2 is 2.08 bits per heavy atom. The summed E-state index contributed by atoms with van der Waals surface area (Å²) in [5.74, 6) is 0. The third-order valence-electron chi connectivity index (χ3n) is 2.13. The molecule has 0 aromatic carbocycles. The van der Waals surface area contributed by atoms with E-state index in [9.17, 15) is 0 Å². The SMILES string of the molecule is Cc1ccc2c(CO)cocc1-2. The van der Waals surface area contributed by atoms with E-state index in [-0.39, 0.29) is 6.61 Å². The summed E-state index contributed by atoms with van der Waals surface area (Å²) in [4.78, 5) is 0. The van der Waals surface area contributed by atoms with Crippen molar-refractivity contribution in [2.45, 2.75) is 13.5 Å². The van der Waals surface area contributed by atoms with E-state index in [1.165, 1.54) is 5.56 Å². The van der Waals surface area contributed by atoms with Crippen molar-refractivity contribution in [2.24, 2.45) is 0 Å². The van der Waals surface area contributed by atoms with Gasteiger partial charge in [-0.15, -0.1) is 0 Å². The van der Waals surface area contributed by atoms with Crippen molar-refractivity contribution >= 4 is 0 Å². The molecule has 1 aliphatic carbocycles. The van der Waals surface area contributed by atoms with E-state index >= 15 is 0 Å². The zero-order valence-corrected chi connectivity index (χ0v) is 6.87. The van der Waals surface area contributed by atoms with Crippen molar-refractivity contribution in [3.8, 4) is 11.1 Å². The van der Waals surface area contributed by atoms with E-state index < -0.39 is 0 Å². The van der Waals surface area contributed by atoms with Gasteiger partial charge < -0.3 is 9.52 Å². The van der Waals surface area contributed by atoms with E-state index in [0.29, 0.717) is 0 Å². The van der Waals surface area contributed by atoms with Gasteiger partial charge in [0.05, 0.1) is 19.1 Å². The average Bonchev–Trinajstić information content (AvgIpc) is 2.48. The Kier molecular flexibility index (Phi) is 1.62. The third-order valence-corrected chi connectivity index (χ3v) is 2.13. The summed E-state index contributed by atoms with van der Waals surface area (Å²) in [5.41, 5.74) is 4.20. The molecule has 2 aliphatic rings. The molecule has 2 rings (SSSR count). The molecule has 1 heterocycles. The second-order valence-corrected chi connectivity index (χ2v) is 2.90. The van der Waals surface area contributed by atoms with Crippen molar-refractivity contribution < 1.29 is 9.52 Å². The first kappa shape index (κ1) is 7.37. The Hall–Kier alpha value is -1.28. The molecule has 2 heteroatoms.